The Bertz CT molecular complexity index is 773. The molecule has 1 amide bonds. The molecule has 0 aromatic heterocycles. The van der Waals surface area contributed by atoms with Gasteiger partial charge in [0.25, 0.3) is 0 Å². The summed E-state index contributed by atoms with van der Waals surface area (Å²) in [5, 5.41) is 2.77. The summed E-state index contributed by atoms with van der Waals surface area (Å²) in [4.78, 5) is 23.5. The van der Waals surface area contributed by atoms with Gasteiger partial charge in [0.2, 0.25) is 5.91 Å². The van der Waals surface area contributed by atoms with Gasteiger partial charge in [0.15, 0.2) is 0 Å². The van der Waals surface area contributed by atoms with Crippen molar-refractivity contribution in [2.45, 2.75) is 52.7 Å². The Morgan fingerprint density at radius 2 is 1.82 bits per heavy atom. The maximum absolute atomic E-state index is 12.0. The molecule has 8 heteroatoms. The van der Waals surface area contributed by atoms with Gasteiger partial charge in [0, 0.05) is 19.2 Å². The quantitative estimate of drug-likeness (QED) is 0.442. The summed E-state index contributed by atoms with van der Waals surface area (Å²) in [6.45, 7) is 11.5. The van der Waals surface area contributed by atoms with Crippen LogP contribution in [0.15, 0.2) is 23.7 Å². The molecular weight excluding hydrogens is 359 g/mol. The van der Waals surface area contributed by atoms with Crippen LogP contribution in [0.1, 0.15) is 57.5 Å². The highest BCUT2D eigenvalue weighted by Gasteiger charge is 2.52. The van der Waals surface area contributed by atoms with Gasteiger partial charge in [-0.05, 0) is 63.9 Å². The number of esters is 1. The first-order valence-corrected chi connectivity index (χ1v) is 9.34. The Hall–Kier alpha value is -2.32. The number of ether oxygens (including phenoxy) is 1. The largest absolute Gasteiger partial charge is 0.492 e. The topological polar surface area (TPSA) is 99.9 Å². The Kier molecular flexibility index (Phi) is 6.57. The SMILES string of the molecule is CCOC(=O)c1ccc(N)c(C=C(CNC(C)=O)B2OC(C)(C)C(C)(C)O2)c1. The second-order valence-electron chi connectivity index (χ2n) is 7.78. The molecule has 0 aliphatic carbocycles. The molecule has 1 aromatic rings. The number of carbonyl (C=O) groups is 2. The number of nitrogens with two attached hydrogens (primary N) is 1. The van der Waals surface area contributed by atoms with E-state index in [2.05, 4.69) is 5.32 Å². The highest BCUT2D eigenvalue weighted by atomic mass is 16.7. The number of hydrogen-bond donors (Lipinski definition) is 2. The van der Waals surface area contributed by atoms with Gasteiger partial charge in [-0.25, -0.2) is 4.79 Å². The van der Waals surface area contributed by atoms with Gasteiger partial charge in [0.05, 0.1) is 23.4 Å². The molecule has 1 heterocycles. The van der Waals surface area contributed by atoms with Crippen LogP contribution in [0.3, 0.4) is 0 Å². The molecule has 1 saturated heterocycles. The average molecular weight is 388 g/mol. The molecule has 1 fully saturated rings. The van der Waals surface area contributed by atoms with E-state index in [-0.39, 0.29) is 19.1 Å². The number of hydrogen-bond acceptors (Lipinski definition) is 6. The van der Waals surface area contributed by atoms with E-state index in [1.807, 2.05) is 27.7 Å². The van der Waals surface area contributed by atoms with Crippen molar-refractivity contribution in [3.8, 4) is 0 Å². The third kappa shape index (κ3) is 4.94. The number of nitrogen functional groups attached to an aromatic ring is 1. The lowest BCUT2D eigenvalue weighted by Gasteiger charge is -2.32. The lowest BCUT2D eigenvalue weighted by atomic mass is 9.76. The van der Waals surface area contributed by atoms with Crippen LogP contribution < -0.4 is 11.1 Å². The fourth-order valence-electron chi connectivity index (χ4n) is 2.66. The number of nitrogens with one attached hydrogen (secondary N) is 1. The number of amides is 1. The van der Waals surface area contributed by atoms with E-state index in [1.165, 1.54) is 6.92 Å². The number of carbonyl (C=O) groups excluding carboxylic acids is 2. The standard InChI is InChI=1S/C20H29BN2O5/c1-7-26-18(25)14-8-9-17(22)15(10-14)11-16(12-23-13(2)24)21-27-19(3,4)20(5,6)28-21/h8-11H,7,12,22H2,1-6H3,(H,23,24). The fraction of sp³-hybridized carbons (Fsp3) is 0.500. The predicted octanol–water partition coefficient (Wildman–Crippen LogP) is 2.60. The highest BCUT2D eigenvalue weighted by molar-refractivity contribution is 6.56. The molecule has 1 aliphatic heterocycles. The Labute approximate surface area is 166 Å². The molecule has 0 atom stereocenters. The molecule has 0 unspecified atom stereocenters. The highest BCUT2D eigenvalue weighted by Crippen LogP contribution is 2.39. The minimum atomic E-state index is -0.650. The Morgan fingerprint density at radius 3 is 2.36 bits per heavy atom. The molecule has 0 radical (unpaired) electrons. The zero-order valence-corrected chi connectivity index (χ0v) is 17.4. The monoisotopic (exact) mass is 388 g/mol. The van der Waals surface area contributed by atoms with Gasteiger partial charge >= 0.3 is 13.1 Å². The second-order valence-corrected chi connectivity index (χ2v) is 7.78. The van der Waals surface area contributed by atoms with E-state index in [9.17, 15) is 9.59 Å². The van der Waals surface area contributed by atoms with Crippen molar-refractivity contribution >= 4 is 30.8 Å². The summed E-state index contributed by atoms with van der Waals surface area (Å²) in [7, 11) is -0.650. The molecule has 3 N–H and O–H groups in total. The van der Waals surface area contributed by atoms with Crippen LogP contribution in [-0.4, -0.2) is 43.3 Å². The van der Waals surface area contributed by atoms with Crippen LogP contribution in [0.2, 0.25) is 0 Å². The van der Waals surface area contributed by atoms with Gasteiger partial charge in [0.1, 0.15) is 0 Å². The average Bonchev–Trinajstić information content (AvgIpc) is 2.80. The summed E-state index contributed by atoms with van der Waals surface area (Å²) < 4.78 is 17.3. The fourth-order valence-corrected chi connectivity index (χ4v) is 2.66. The van der Waals surface area contributed by atoms with E-state index < -0.39 is 24.3 Å². The van der Waals surface area contributed by atoms with Crippen molar-refractivity contribution in [2.75, 3.05) is 18.9 Å². The molecule has 0 saturated carbocycles. The van der Waals surface area contributed by atoms with Crippen LogP contribution in [0, 0.1) is 0 Å². The van der Waals surface area contributed by atoms with Crippen molar-refractivity contribution in [1.29, 1.82) is 0 Å². The van der Waals surface area contributed by atoms with E-state index in [0.29, 0.717) is 22.3 Å². The maximum atomic E-state index is 12.0. The van der Waals surface area contributed by atoms with E-state index in [0.717, 1.165) is 0 Å². The second kappa shape index (κ2) is 8.37. The molecule has 0 bridgehead atoms. The van der Waals surface area contributed by atoms with Gasteiger partial charge < -0.3 is 25.1 Å². The van der Waals surface area contributed by atoms with Crippen molar-refractivity contribution in [3.63, 3.8) is 0 Å². The van der Waals surface area contributed by atoms with Crippen LogP contribution in [0.5, 0.6) is 0 Å². The van der Waals surface area contributed by atoms with Gasteiger partial charge in [-0.1, -0.05) is 6.08 Å². The van der Waals surface area contributed by atoms with Crippen LogP contribution >= 0.6 is 0 Å². The minimum Gasteiger partial charge on any atom is -0.462 e. The number of rotatable bonds is 6. The van der Waals surface area contributed by atoms with Gasteiger partial charge in [-0.15, -0.1) is 0 Å². The van der Waals surface area contributed by atoms with Gasteiger partial charge in [-0.3, -0.25) is 4.79 Å². The summed E-state index contributed by atoms with van der Waals surface area (Å²) >= 11 is 0. The van der Waals surface area contributed by atoms with E-state index in [4.69, 9.17) is 19.8 Å². The molecule has 1 aliphatic rings. The zero-order valence-electron chi connectivity index (χ0n) is 17.4. The summed E-state index contributed by atoms with van der Waals surface area (Å²) in [6.07, 6.45) is 1.79. The van der Waals surface area contributed by atoms with Crippen molar-refractivity contribution in [1.82, 2.24) is 5.32 Å². The molecule has 7 nitrogen and oxygen atoms in total. The summed E-state index contributed by atoms with van der Waals surface area (Å²) in [6, 6.07) is 4.93. The lowest BCUT2D eigenvalue weighted by molar-refractivity contribution is -0.118. The third-order valence-corrected chi connectivity index (χ3v) is 5.04. The first-order valence-electron chi connectivity index (χ1n) is 9.34. The van der Waals surface area contributed by atoms with Crippen LogP contribution in [0.4, 0.5) is 5.69 Å². The summed E-state index contributed by atoms with van der Waals surface area (Å²) in [5.41, 5.74) is 7.27. The normalized spacial score (nSPS) is 18.1. The van der Waals surface area contributed by atoms with Crippen LogP contribution in [0.25, 0.3) is 6.08 Å². The summed E-state index contributed by atoms with van der Waals surface area (Å²) in [5.74, 6) is -0.591. The zero-order chi connectivity index (χ0) is 21.1. The third-order valence-electron chi connectivity index (χ3n) is 5.04. The van der Waals surface area contributed by atoms with Gasteiger partial charge in [-0.2, -0.15) is 0 Å². The molecular formula is C20H29BN2O5. The maximum Gasteiger partial charge on any atom is 0.492 e. The van der Waals surface area contributed by atoms with Crippen molar-refractivity contribution in [2.24, 2.45) is 0 Å². The van der Waals surface area contributed by atoms with Crippen molar-refractivity contribution < 1.29 is 23.6 Å². The molecule has 2 rings (SSSR count). The number of anilines is 1. The smallest absolute Gasteiger partial charge is 0.462 e. The molecule has 1 aromatic carbocycles. The molecule has 152 valence electrons. The van der Waals surface area contributed by atoms with E-state index >= 15 is 0 Å². The first-order chi connectivity index (χ1) is 13.0. The molecule has 28 heavy (non-hydrogen) atoms. The van der Waals surface area contributed by atoms with Crippen molar-refractivity contribution in [3.05, 3.63) is 34.8 Å². The first kappa shape index (κ1) is 22.0. The molecule has 0 spiro atoms. The Balaban J connectivity index is 2.41. The Morgan fingerprint density at radius 1 is 1.21 bits per heavy atom. The minimum absolute atomic E-state index is 0.171. The predicted molar refractivity (Wildman–Crippen MR) is 110 cm³/mol. The van der Waals surface area contributed by atoms with Crippen LogP contribution in [-0.2, 0) is 18.8 Å². The van der Waals surface area contributed by atoms with E-state index in [1.54, 1.807) is 31.2 Å². The lowest BCUT2D eigenvalue weighted by Crippen LogP contribution is -2.41. The number of benzene rings is 1.